The number of amides is 2. The lowest BCUT2D eigenvalue weighted by molar-refractivity contribution is -0.130. The van der Waals surface area contributed by atoms with Crippen LogP contribution in [0.2, 0.25) is 0 Å². The fourth-order valence-electron chi connectivity index (χ4n) is 3.11. The van der Waals surface area contributed by atoms with E-state index in [1.54, 1.807) is 26.2 Å². The topological polar surface area (TPSA) is 80.2 Å². The Labute approximate surface area is 180 Å². The smallest absolute Gasteiger partial charge is 0.233 e. The number of hydrogen-bond acceptors (Lipinski definition) is 6. The van der Waals surface area contributed by atoms with Crippen LogP contribution >= 0.6 is 11.8 Å². The third kappa shape index (κ3) is 5.13. The first kappa shape index (κ1) is 21.7. The maximum Gasteiger partial charge on any atom is 0.233 e. The third-order valence-electron chi connectivity index (χ3n) is 4.73. The highest BCUT2D eigenvalue weighted by Crippen LogP contribution is 2.31. The number of carbonyl (C=O) groups excluding carboxylic acids is 2. The van der Waals surface area contributed by atoms with E-state index < -0.39 is 5.25 Å². The van der Waals surface area contributed by atoms with E-state index >= 15 is 0 Å². The summed E-state index contributed by atoms with van der Waals surface area (Å²) in [4.78, 5) is 31.3. The number of nitrogens with zero attached hydrogens (tertiary/aromatic N) is 2. The maximum absolute atomic E-state index is 12.9. The van der Waals surface area contributed by atoms with Crippen molar-refractivity contribution in [2.75, 3.05) is 27.8 Å². The molecule has 0 saturated carbocycles. The van der Waals surface area contributed by atoms with Gasteiger partial charge in [-0.3, -0.25) is 14.5 Å². The molecule has 1 heterocycles. The fourth-order valence-corrected chi connectivity index (χ4v) is 4.30. The van der Waals surface area contributed by atoms with Crippen LogP contribution in [-0.2, 0) is 16.0 Å². The molecule has 2 amide bonds. The second-order valence-electron chi connectivity index (χ2n) is 6.64. The van der Waals surface area contributed by atoms with Gasteiger partial charge < -0.3 is 14.8 Å². The molecule has 0 radical (unpaired) electrons. The van der Waals surface area contributed by atoms with Gasteiger partial charge in [0.2, 0.25) is 11.8 Å². The molecule has 7 nitrogen and oxygen atoms in total. The molecule has 0 spiro atoms. The van der Waals surface area contributed by atoms with Crippen LogP contribution in [0, 0.1) is 0 Å². The standard InChI is InChI=1S/C22H25N3O4S/c1-23-21(27)19-14-20(26)25(22(30-19)24-16-7-5-4-6-8-16)12-11-15-9-10-17(28-2)18(13-15)29-3/h4-10,13,19H,11-12,14H2,1-3H3,(H,23,27). The number of aliphatic imine (C=N–C) groups is 1. The Morgan fingerprint density at radius 1 is 1.17 bits per heavy atom. The van der Waals surface area contributed by atoms with Crippen LogP contribution < -0.4 is 14.8 Å². The molecule has 1 fully saturated rings. The molecule has 3 rings (SSSR count). The normalized spacial score (nSPS) is 17.7. The van der Waals surface area contributed by atoms with Crippen LogP contribution in [0.4, 0.5) is 5.69 Å². The molecular weight excluding hydrogens is 402 g/mol. The Morgan fingerprint density at radius 2 is 1.90 bits per heavy atom. The highest BCUT2D eigenvalue weighted by atomic mass is 32.2. The molecule has 2 aromatic carbocycles. The number of ether oxygens (including phenoxy) is 2. The van der Waals surface area contributed by atoms with E-state index in [2.05, 4.69) is 10.3 Å². The Morgan fingerprint density at radius 3 is 2.57 bits per heavy atom. The van der Waals surface area contributed by atoms with Crippen LogP contribution in [0.3, 0.4) is 0 Å². The minimum absolute atomic E-state index is 0.113. The Hall–Kier alpha value is -3.00. The first-order chi connectivity index (χ1) is 14.5. The summed E-state index contributed by atoms with van der Waals surface area (Å²) in [6.07, 6.45) is 0.759. The number of hydrogen-bond donors (Lipinski definition) is 1. The van der Waals surface area contributed by atoms with Crippen LogP contribution in [0.15, 0.2) is 53.5 Å². The molecule has 1 atom stereocenters. The van der Waals surface area contributed by atoms with Gasteiger partial charge in [-0.25, -0.2) is 4.99 Å². The largest absolute Gasteiger partial charge is 0.493 e. The fraction of sp³-hybridized carbons (Fsp3) is 0.318. The lowest BCUT2D eigenvalue weighted by atomic mass is 10.1. The van der Waals surface area contributed by atoms with Gasteiger partial charge in [-0.15, -0.1) is 0 Å². The lowest BCUT2D eigenvalue weighted by Gasteiger charge is -2.31. The van der Waals surface area contributed by atoms with Crippen molar-refractivity contribution in [2.24, 2.45) is 4.99 Å². The van der Waals surface area contributed by atoms with Gasteiger partial charge in [-0.1, -0.05) is 36.0 Å². The van der Waals surface area contributed by atoms with Gasteiger partial charge in [0.25, 0.3) is 0 Å². The van der Waals surface area contributed by atoms with Crippen LogP contribution in [0.25, 0.3) is 0 Å². The lowest BCUT2D eigenvalue weighted by Crippen LogP contribution is -2.46. The van der Waals surface area contributed by atoms with Crippen molar-refractivity contribution in [3.63, 3.8) is 0 Å². The van der Waals surface area contributed by atoms with Gasteiger partial charge in [0.05, 0.1) is 25.2 Å². The summed E-state index contributed by atoms with van der Waals surface area (Å²) in [5.74, 6) is 1.02. The number of methoxy groups -OCH3 is 2. The van der Waals surface area contributed by atoms with Crippen molar-refractivity contribution in [2.45, 2.75) is 18.1 Å². The zero-order valence-corrected chi connectivity index (χ0v) is 18.1. The minimum Gasteiger partial charge on any atom is -0.493 e. The van der Waals surface area contributed by atoms with E-state index in [9.17, 15) is 9.59 Å². The molecule has 1 unspecified atom stereocenters. The predicted molar refractivity (Wildman–Crippen MR) is 119 cm³/mol. The predicted octanol–water partition coefficient (Wildman–Crippen LogP) is 3.01. The first-order valence-corrected chi connectivity index (χ1v) is 10.5. The molecule has 0 aliphatic carbocycles. The number of carbonyl (C=O) groups is 2. The Kier molecular flexibility index (Phi) is 7.35. The minimum atomic E-state index is -0.484. The van der Waals surface area contributed by atoms with E-state index in [0.717, 1.165) is 11.3 Å². The molecule has 0 aromatic heterocycles. The molecule has 8 heteroatoms. The van der Waals surface area contributed by atoms with Gasteiger partial charge in [-0.05, 0) is 36.2 Å². The molecule has 1 saturated heterocycles. The van der Waals surface area contributed by atoms with E-state index in [1.807, 2.05) is 48.5 Å². The zero-order valence-electron chi connectivity index (χ0n) is 17.3. The molecule has 158 valence electrons. The summed E-state index contributed by atoms with van der Waals surface area (Å²) >= 11 is 1.32. The molecule has 1 aliphatic rings. The molecule has 1 N–H and O–H groups in total. The third-order valence-corrected chi connectivity index (χ3v) is 5.92. The van der Waals surface area contributed by atoms with Crippen molar-refractivity contribution in [1.29, 1.82) is 0 Å². The summed E-state index contributed by atoms with van der Waals surface area (Å²) in [7, 11) is 4.76. The number of benzene rings is 2. The van der Waals surface area contributed by atoms with Gasteiger partial charge in [-0.2, -0.15) is 0 Å². The van der Waals surface area contributed by atoms with Gasteiger partial charge >= 0.3 is 0 Å². The first-order valence-electron chi connectivity index (χ1n) is 9.59. The van der Waals surface area contributed by atoms with Crippen molar-refractivity contribution >= 4 is 34.4 Å². The van der Waals surface area contributed by atoms with Crippen molar-refractivity contribution in [3.05, 3.63) is 54.1 Å². The monoisotopic (exact) mass is 427 g/mol. The summed E-state index contributed by atoms with van der Waals surface area (Å²) in [5, 5.41) is 2.67. The highest BCUT2D eigenvalue weighted by molar-refractivity contribution is 8.15. The van der Waals surface area contributed by atoms with Crippen molar-refractivity contribution < 1.29 is 19.1 Å². The van der Waals surface area contributed by atoms with E-state index in [1.165, 1.54) is 11.8 Å². The molecule has 2 aromatic rings. The average molecular weight is 428 g/mol. The number of para-hydroxylation sites is 1. The number of nitrogens with one attached hydrogen (secondary N) is 1. The molecule has 1 aliphatic heterocycles. The zero-order chi connectivity index (χ0) is 21.5. The second-order valence-corrected chi connectivity index (χ2v) is 7.81. The van der Waals surface area contributed by atoms with Gasteiger partial charge in [0, 0.05) is 20.0 Å². The van der Waals surface area contributed by atoms with E-state index in [0.29, 0.717) is 29.6 Å². The summed E-state index contributed by atoms with van der Waals surface area (Å²) in [6, 6.07) is 15.1. The second kappa shape index (κ2) is 10.2. The van der Waals surface area contributed by atoms with Crippen LogP contribution in [0.5, 0.6) is 11.5 Å². The van der Waals surface area contributed by atoms with Crippen LogP contribution in [0.1, 0.15) is 12.0 Å². The molecular formula is C22H25N3O4S. The quantitative estimate of drug-likeness (QED) is 0.735. The Bertz CT molecular complexity index is 933. The summed E-state index contributed by atoms with van der Waals surface area (Å²) in [5.41, 5.74) is 1.75. The number of rotatable bonds is 7. The molecule has 0 bridgehead atoms. The van der Waals surface area contributed by atoms with Crippen molar-refractivity contribution in [3.8, 4) is 11.5 Å². The SMILES string of the molecule is CNC(=O)C1CC(=O)N(CCc2ccc(OC)c(OC)c2)C(=Nc2ccccc2)S1. The summed E-state index contributed by atoms with van der Waals surface area (Å²) in [6.45, 7) is 0.452. The van der Waals surface area contributed by atoms with E-state index in [-0.39, 0.29) is 18.2 Å². The van der Waals surface area contributed by atoms with Gasteiger partial charge in [0.1, 0.15) is 0 Å². The highest BCUT2D eigenvalue weighted by Gasteiger charge is 2.35. The Balaban J connectivity index is 1.82. The van der Waals surface area contributed by atoms with Gasteiger partial charge in [0.15, 0.2) is 16.7 Å². The van der Waals surface area contributed by atoms with Crippen molar-refractivity contribution in [1.82, 2.24) is 10.2 Å². The van der Waals surface area contributed by atoms with Crippen LogP contribution in [-0.4, -0.2) is 54.9 Å². The molecule has 30 heavy (non-hydrogen) atoms. The average Bonchev–Trinajstić information content (AvgIpc) is 2.78. The summed E-state index contributed by atoms with van der Waals surface area (Å²) < 4.78 is 10.6. The number of thioether (sulfide) groups is 1. The maximum atomic E-state index is 12.9. The number of amidine groups is 1. The van der Waals surface area contributed by atoms with E-state index in [4.69, 9.17) is 9.47 Å².